The Hall–Kier alpha value is -2.17. The van der Waals surface area contributed by atoms with Crippen LogP contribution < -0.4 is 11.1 Å². The van der Waals surface area contributed by atoms with Crippen molar-refractivity contribution in [1.29, 1.82) is 0 Å². The molecule has 0 radical (unpaired) electrons. The fourth-order valence-electron chi connectivity index (χ4n) is 1.82. The number of hydrogen-bond donors (Lipinski definition) is 2. The molecule has 0 aliphatic heterocycles. The zero-order valence-electron chi connectivity index (χ0n) is 11.1. The normalized spacial score (nSPS) is 10.4. The molecular weight excluding hydrogens is 238 g/mol. The molecule has 2 rings (SSSR count). The van der Waals surface area contributed by atoms with Gasteiger partial charge in [-0.2, -0.15) is 0 Å². The van der Waals surface area contributed by atoms with E-state index in [2.05, 4.69) is 33.3 Å². The predicted molar refractivity (Wildman–Crippen MR) is 76.9 cm³/mol. The average Bonchev–Trinajstić information content (AvgIpc) is 2.40. The van der Waals surface area contributed by atoms with Crippen LogP contribution in [0.5, 0.6) is 0 Å². The van der Waals surface area contributed by atoms with Gasteiger partial charge in [-0.25, -0.2) is 9.97 Å². The minimum Gasteiger partial charge on any atom is -0.384 e. The lowest BCUT2D eigenvalue weighted by molar-refractivity contribution is 0.835. The van der Waals surface area contributed by atoms with Crippen LogP contribution in [0.25, 0.3) is 0 Å². The summed E-state index contributed by atoms with van der Waals surface area (Å²) in [4.78, 5) is 12.7. The zero-order valence-corrected chi connectivity index (χ0v) is 11.1. The smallest absolute Gasteiger partial charge is 0.133 e. The van der Waals surface area contributed by atoms with Gasteiger partial charge in [0, 0.05) is 31.4 Å². The highest BCUT2D eigenvalue weighted by Gasteiger charge is 2.02. The zero-order chi connectivity index (χ0) is 13.5. The van der Waals surface area contributed by atoms with Gasteiger partial charge in [0.2, 0.25) is 0 Å². The summed E-state index contributed by atoms with van der Waals surface area (Å²) in [5.41, 5.74) is 6.97. The van der Waals surface area contributed by atoms with E-state index < -0.39 is 0 Å². The van der Waals surface area contributed by atoms with Gasteiger partial charge in [0.25, 0.3) is 0 Å². The van der Waals surface area contributed by atoms with E-state index in [1.165, 1.54) is 5.56 Å². The summed E-state index contributed by atoms with van der Waals surface area (Å²) in [6.07, 6.45) is 6.42. The van der Waals surface area contributed by atoms with E-state index in [0.717, 1.165) is 37.4 Å². The van der Waals surface area contributed by atoms with Crippen molar-refractivity contribution in [2.75, 3.05) is 17.6 Å². The Bertz CT molecular complexity index is 512. The maximum absolute atomic E-state index is 5.77. The second-order valence-corrected chi connectivity index (χ2v) is 4.38. The Morgan fingerprint density at radius 3 is 2.89 bits per heavy atom. The van der Waals surface area contributed by atoms with Gasteiger partial charge in [-0.1, -0.05) is 13.0 Å². The number of aromatic nitrogens is 3. The highest BCUT2D eigenvalue weighted by Crippen LogP contribution is 2.10. The van der Waals surface area contributed by atoms with Gasteiger partial charge in [-0.05, 0) is 24.5 Å². The van der Waals surface area contributed by atoms with E-state index in [1.54, 1.807) is 12.3 Å². The molecule has 0 aliphatic rings. The highest BCUT2D eigenvalue weighted by molar-refractivity contribution is 5.44. The number of aryl methyl sites for hydroxylation is 1. The summed E-state index contributed by atoms with van der Waals surface area (Å²) in [5, 5.41) is 3.27. The maximum Gasteiger partial charge on any atom is 0.133 e. The number of nitrogens with two attached hydrogens (primary N) is 1. The Morgan fingerprint density at radius 1 is 1.26 bits per heavy atom. The summed E-state index contributed by atoms with van der Waals surface area (Å²) in [7, 11) is 0. The van der Waals surface area contributed by atoms with E-state index in [0.29, 0.717) is 5.82 Å². The molecule has 5 nitrogen and oxygen atoms in total. The van der Waals surface area contributed by atoms with Gasteiger partial charge in [-0.3, -0.25) is 4.98 Å². The van der Waals surface area contributed by atoms with Crippen molar-refractivity contribution in [3.8, 4) is 0 Å². The van der Waals surface area contributed by atoms with Gasteiger partial charge >= 0.3 is 0 Å². The first-order chi connectivity index (χ1) is 9.28. The summed E-state index contributed by atoms with van der Waals surface area (Å²) >= 11 is 0. The first-order valence-corrected chi connectivity index (χ1v) is 6.54. The molecule has 3 N–H and O–H groups in total. The van der Waals surface area contributed by atoms with Crippen LogP contribution in [0.1, 0.15) is 24.7 Å². The first kappa shape index (κ1) is 13.3. The van der Waals surface area contributed by atoms with Crippen molar-refractivity contribution in [3.05, 3.63) is 42.0 Å². The quantitative estimate of drug-likeness (QED) is 0.828. The molecular formula is C14H19N5. The maximum atomic E-state index is 5.77. The van der Waals surface area contributed by atoms with Crippen molar-refractivity contribution in [2.24, 2.45) is 0 Å². The molecule has 0 amide bonds. The van der Waals surface area contributed by atoms with Crippen LogP contribution in [0.4, 0.5) is 11.6 Å². The van der Waals surface area contributed by atoms with E-state index >= 15 is 0 Å². The number of hydrogen-bond acceptors (Lipinski definition) is 5. The third-order valence-corrected chi connectivity index (χ3v) is 2.71. The van der Waals surface area contributed by atoms with Crippen LogP contribution in [0, 0.1) is 0 Å². The van der Waals surface area contributed by atoms with Crippen molar-refractivity contribution in [3.63, 3.8) is 0 Å². The Morgan fingerprint density at radius 2 is 2.16 bits per heavy atom. The van der Waals surface area contributed by atoms with Crippen molar-refractivity contribution in [1.82, 2.24) is 15.0 Å². The van der Waals surface area contributed by atoms with Gasteiger partial charge in [0.05, 0.1) is 0 Å². The number of pyridine rings is 1. The van der Waals surface area contributed by atoms with Gasteiger partial charge in [0.15, 0.2) is 0 Å². The molecule has 0 bridgehead atoms. The molecule has 2 aromatic heterocycles. The molecule has 5 heteroatoms. The lowest BCUT2D eigenvalue weighted by atomic mass is 10.2. The summed E-state index contributed by atoms with van der Waals surface area (Å²) in [6.45, 7) is 2.90. The summed E-state index contributed by atoms with van der Waals surface area (Å²) in [5.74, 6) is 2.11. The summed E-state index contributed by atoms with van der Waals surface area (Å²) < 4.78 is 0. The molecule has 0 atom stereocenters. The van der Waals surface area contributed by atoms with Crippen LogP contribution >= 0.6 is 0 Å². The average molecular weight is 257 g/mol. The minimum absolute atomic E-state index is 0.516. The third-order valence-electron chi connectivity index (χ3n) is 2.71. The molecule has 0 saturated carbocycles. The number of rotatable bonds is 6. The monoisotopic (exact) mass is 257 g/mol. The van der Waals surface area contributed by atoms with E-state index in [4.69, 9.17) is 5.73 Å². The topological polar surface area (TPSA) is 76.7 Å². The van der Waals surface area contributed by atoms with Crippen LogP contribution in [0.15, 0.2) is 30.6 Å². The Labute approximate surface area is 113 Å². The number of nitrogen functional groups attached to an aromatic ring is 1. The third kappa shape index (κ3) is 4.21. The highest BCUT2D eigenvalue weighted by atomic mass is 15.0. The summed E-state index contributed by atoms with van der Waals surface area (Å²) in [6, 6.07) is 5.77. The number of nitrogens with zero attached hydrogens (tertiary/aromatic N) is 3. The predicted octanol–water partition coefficient (Wildman–Crippen LogP) is 2.06. The van der Waals surface area contributed by atoms with Crippen LogP contribution in [-0.4, -0.2) is 21.5 Å². The second kappa shape index (κ2) is 6.68. The van der Waals surface area contributed by atoms with Crippen LogP contribution in [0.2, 0.25) is 0 Å². The van der Waals surface area contributed by atoms with E-state index in [1.807, 2.05) is 12.3 Å². The molecule has 19 heavy (non-hydrogen) atoms. The van der Waals surface area contributed by atoms with Crippen molar-refractivity contribution in [2.45, 2.75) is 26.2 Å². The number of anilines is 2. The fourth-order valence-corrected chi connectivity index (χ4v) is 1.82. The molecule has 2 aromatic rings. The lowest BCUT2D eigenvalue weighted by Gasteiger charge is -2.08. The Kier molecular flexibility index (Phi) is 4.66. The molecule has 0 fully saturated rings. The van der Waals surface area contributed by atoms with Crippen LogP contribution in [0.3, 0.4) is 0 Å². The second-order valence-electron chi connectivity index (χ2n) is 4.38. The molecule has 0 saturated heterocycles. The number of nitrogens with one attached hydrogen (secondary N) is 1. The van der Waals surface area contributed by atoms with Gasteiger partial charge in [-0.15, -0.1) is 0 Å². The molecule has 100 valence electrons. The van der Waals surface area contributed by atoms with Crippen LogP contribution in [-0.2, 0) is 12.8 Å². The van der Waals surface area contributed by atoms with Gasteiger partial charge in [0.1, 0.15) is 17.5 Å². The molecule has 0 unspecified atom stereocenters. The molecule has 0 spiro atoms. The first-order valence-electron chi connectivity index (χ1n) is 6.54. The van der Waals surface area contributed by atoms with Gasteiger partial charge < -0.3 is 11.1 Å². The largest absolute Gasteiger partial charge is 0.384 e. The Balaban J connectivity index is 1.92. The molecule has 2 heterocycles. The SMILES string of the molecule is CCCc1nc(N)cc(NCCc2cccnc2)n1. The van der Waals surface area contributed by atoms with Crippen molar-refractivity contribution < 1.29 is 0 Å². The van der Waals surface area contributed by atoms with Crippen molar-refractivity contribution >= 4 is 11.6 Å². The van der Waals surface area contributed by atoms with E-state index in [-0.39, 0.29) is 0 Å². The van der Waals surface area contributed by atoms with E-state index in [9.17, 15) is 0 Å². The molecule has 0 aliphatic carbocycles. The standard InChI is InChI=1S/C14H19N5/c1-2-4-13-18-12(15)9-14(19-13)17-8-6-11-5-3-7-16-10-11/h3,5,7,9-10H,2,4,6,8H2,1H3,(H3,15,17,18,19). The molecule has 0 aromatic carbocycles. The minimum atomic E-state index is 0.516. The lowest BCUT2D eigenvalue weighted by Crippen LogP contribution is -2.09. The fraction of sp³-hybridized carbons (Fsp3) is 0.357.